The first-order valence-electron chi connectivity index (χ1n) is 5.76. The van der Waals surface area contributed by atoms with Crippen molar-refractivity contribution in [3.63, 3.8) is 0 Å². The van der Waals surface area contributed by atoms with Crippen LogP contribution in [0.2, 0.25) is 0 Å². The van der Waals surface area contributed by atoms with Crippen molar-refractivity contribution in [3.05, 3.63) is 0 Å². The average molecular weight is 197 g/mol. The van der Waals surface area contributed by atoms with Crippen molar-refractivity contribution in [2.24, 2.45) is 5.92 Å². The molecule has 2 aliphatic carbocycles. The van der Waals surface area contributed by atoms with Gasteiger partial charge in [0.1, 0.15) is 6.04 Å². The Morgan fingerprint density at radius 3 is 2.29 bits per heavy atom. The van der Waals surface area contributed by atoms with Crippen molar-refractivity contribution in [1.82, 2.24) is 5.32 Å². The van der Waals surface area contributed by atoms with Crippen LogP contribution >= 0.6 is 0 Å². The van der Waals surface area contributed by atoms with Gasteiger partial charge in [0.2, 0.25) is 0 Å². The summed E-state index contributed by atoms with van der Waals surface area (Å²) >= 11 is 0. The van der Waals surface area contributed by atoms with E-state index in [1.165, 1.54) is 19.3 Å². The molecule has 1 unspecified atom stereocenters. The van der Waals surface area contributed by atoms with Gasteiger partial charge in [0.25, 0.3) is 0 Å². The Hall–Kier alpha value is -0.570. The van der Waals surface area contributed by atoms with Gasteiger partial charge in [0.05, 0.1) is 0 Å². The molecule has 0 saturated heterocycles. The van der Waals surface area contributed by atoms with Gasteiger partial charge in [-0.25, -0.2) is 0 Å². The zero-order chi connectivity index (χ0) is 9.97. The first-order chi connectivity index (χ1) is 6.77. The van der Waals surface area contributed by atoms with Crippen LogP contribution in [0.5, 0.6) is 0 Å². The molecular weight excluding hydrogens is 178 g/mol. The molecule has 0 spiro atoms. The lowest BCUT2D eigenvalue weighted by atomic mass is 9.84. The van der Waals surface area contributed by atoms with E-state index in [4.69, 9.17) is 5.11 Å². The number of aliphatic carboxylic acids is 1. The van der Waals surface area contributed by atoms with E-state index in [1.807, 2.05) is 0 Å². The minimum atomic E-state index is -0.649. The predicted octanol–water partition coefficient (Wildman–Crippen LogP) is 1.77. The maximum absolute atomic E-state index is 11.1. The Morgan fingerprint density at radius 2 is 1.79 bits per heavy atom. The lowest BCUT2D eigenvalue weighted by Crippen LogP contribution is -2.44. The molecule has 1 atom stereocenters. The second-order valence-corrected chi connectivity index (χ2v) is 4.65. The number of hydrogen-bond acceptors (Lipinski definition) is 2. The summed E-state index contributed by atoms with van der Waals surface area (Å²) in [7, 11) is 0. The van der Waals surface area contributed by atoms with Crippen LogP contribution in [0.1, 0.15) is 44.9 Å². The highest BCUT2D eigenvalue weighted by molar-refractivity contribution is 5.74. The third kappa shape index (κ3) is 2.47. The summed E-state index contributed by atoms with van der Waals surface area (Å²) in [5.74, 6) is -0.273. The zero-order valence-corrected chi connectivity index (χ0v) is 8.54. The van der Waals surface area contributed by atoms with Crippen LogP contribution < -0.4 is 5.32 Å². The van der Waals surface area contributed by atoms with E-state index in [9.17, 15) is 4.79 Å². The molecule has 2 rings (SSSR count). The number of carboxylic acids is 1. The molecule has 0 aromatic heterocycles. The van der Waals surface area contributed by atoms with Gasteiger partial charge in [-0.05, 0) is 31.6 Å². The molecule has 0 aliphatic heterocycles. The molecule has 80 valence electrons. The van der Waals surface area contributed by atoms with E-state index in [0.717, 1.165) is 25.7 Å². The first kappa shape index (κ1) is 9.97. The number of carboxylic acid groups (broad SMARTS) is 1. The van der Waals surface area contributed by atoms with Crippen LogP contribution in [0.3, 0.4) is 0 Å². The number of rotatable bonds is 4. The van der Waals surface area contributed by atoms with Gasteiger partial charge < -0.3 is 10.4 Å². The van der Waals surface area contributed by atoms with Crippen molar-refractivity contribution < 1.29 is 9.90 Å². The van der Waals surface area contributed by atoms with Crippen LogP contribution in [0, 0.1) is 5.92 Å². The Labute approximate surface area is 84.9 Å². The SMILES string of the molecule is O=C(O)C(NC1CC1)C1CCCCC1. The largest absolute Gasteiger partial charge is 0.480 e. The van der Waals surface area contributed by atoms with Crippen LogP contribution in [-0.2, 0) is 4.79 Å². The average Bonchev–Trinajstić information content (AvgIpc) is 2.99. The van der Waals surface area contributed by atoms with Gasteiger partial charge >= 0.3 is 5.97 Å². The maximum Gasteiger partial charge on any atom is 0.320 e. The highest BCUT2D eigenvalue weighted by Gasteiger charge is 2.34. The highest BCUT2D eigenvalue weighted by Crippen LogP contribution is 2.29. The fraction of sp³-hybridized carbons (Fsp3) is 0.909. The summed E-state index contributed by atoms with van der Waals surface area (Å²) in [6.45, 7) is 0. The summed E-state index contributed by atoms with van der Waals surface area (Å²) < 4.78 is 0. The minimum Gasteiger partial charge on any atom is -0.480 e. The minimum absolute atomic E-state index is 0.275. The Kier molecular flexibility index (Phi) is 3.06. The molecule has 0 heterocycles. The molecule has 0 amide bonds. The third-order valence-electron chi connectivity index (χ3n) is 3.38. The Morgan fingerprint density at radius 1 is 1.14 bits per heavy atom. The van der Waals surface area contributed by atoms with Gasteiger partial charge in [-0.2, -0.15) is 0 Å². The fourth-order valence-corrected chi connectivity index (χ4v) is 2.38. The highest BCUT2D eigenvalue weighted by atomic mass is 16.4. The van der Waals surface area contributed by atoms with Gasteiger partial charge in [-0.1, -0.05) is 19.3 Å². The van der Waals surface area contributed by atoms with E-state index < -0.39 is 5.97 Å². The Bertz CT molecular complexity index is 207. The molecule has 2 fully saturated rings. The second-order valence-electron chi connectivity index (χ2n) is 4.65. The fourth-order valence-electron chi connectivity index (χ4n) is 2.38. The molecule has 2 saturated carbocycles. The van der Waals surface area contributed by atoms with E-state index >= 15 is 0 Å². The number of hydrogen-bond donors (Lipinski definition) is 2. The molecule has 3 nitrogen and oxygen atoms in total. The topological polar surface area (TPSA) is 49.3 Å². The summed E-state index contributed by atoms with van der Waals surface area (Å²) in [6.07, 6.45) is 8.22. The van der Waals surface area contributed by atoms with Gasteiger partial charge in [-0.15, -0.1) is 0 Å². The monoisotopic (exact) mass is 197 g/mol. The molecule has 0 radical (unpaired) electrons. The normalized spacial score (nSPS) is 26.0. The number of carbonyl (C=O) groups is 1. The van der Waals surface area contributed by atoms with Gasteiger partial charge in [-0.3, -0.25) is 4.79 Å². The van der Waals surface area contributed by atoms with Crippen molar-refractivity contribution in [1.29, 1.82) is 0 Å². The van der Waals surface area contributed by atoms with Gasteiger partial charge in [0.15, 0.2) is 0 Å². The molecule has 2 aliphatic rings. The smallest absolute Gasteiger partial charge is 0.320 e. The summed E-state index contributed by atoms with van der Waals surface area (Å²) in [5, 5.41) is 12.4. The summed E-state index contributed by atoms with van der Waals surface area (Å²) in [4.78, 5) is 11.1. The molecular formula is C11H19NO2. The van der Waals surface area contributed by atoms with Crippen molar-refractivity contribution >= 4 is 5.97 Å². The molecule has 3 heteroatoms. The van der Waals surface area contributed by atoms with Gasteiger partial charge in [0, 0.05) is 6.04 Å². The molecule has 14 heavy (non-hydrogen) atoms. The van der Waals surface area contributed by atoms with E-state index in [2.05, 4.69) is 5.32 Å². The van der Waals surface area contributed by atoms with E-state index in [-0.39, 0.29) is 6.04 Å². The number of nitrogens with one attached hydrogen (secondary N) is 1. The zero-order valence-electron chi connectivity index (χ0n) is 8.54. The van der Waals surface area contributed by atoms with E-state index in [1.54, 1.807) is 0 Å². The van der Waals surface area contributed by atoms with Crippen LogP contribution in [0.4, 0.5) is 0 Å². The summed E-state index contributed by atoms with van der Waals surface area (Å²) in [6, 6.07) is 0.223. The second kappa shape index (κ2) is 4.30. The lowest BCUT2D eigenvalue weighted by Gasteiger charge is -2.28. The quantitative estimate of drug-likeness (QED) is 0.722. The maximum atomic E-state index is 11.1. The van der Waals surface area contributed by atoms with Crippen molar-refractivity contribution in [3.8, 4) is 0 Å². The predicted molar refractivity (Wildman–Crippen MR) is 54.2 cm³/mol. The molecule has 0 aromatic carbocycles. The molecule has 2 N–H and O–H groups in total. The standard InChI is InChI=1S/C11H19NO2/c13-11(14)10(12-9-6-7-9)8-4-2-1-3-5-8/h8-10,12H,1-7H2,(H,13,14). The third-order valence-corrected chi connectivity index (χ3v) is 3.38. The van der Waals surface area contributed by atoms with Crippen LogP contribution in [0.25, 0.3) is 0 Å². The lowest BCUT2D eigenvalue weighted by molar-refractivity contribution is -0.141. The first-order valence-corrected chi connectivity index (χ1v) is 5.76. The summed E-state index contributed by atoms with van der Waals surface area (Å²) in [5.41, 5.74) is 0. The molecule has 0 bridgehead atoms. The van der Waals surface area contributed by atoms with E-state index in [0.29, 0.717) is 12.0 Å². The van der Waals surface area contributed by atoms with Crippen LogP contribution in [-0.4, -0.2) is 23.2 Å². The Balaban J connectivity index is 1.89. The molecule has 0 aromatic rings. The van der Waals surface area contributed by atoms with Crippen molar-refractivity contribution in [2.75, 3.05) is 0 Å². The van der Waals surface area contributed by atoms with Crippen molar-refractivity contribution in [2.45, 2.75) is 57.0 Å². The van der Waals surface area contributed by atoms with Crippen LogP contribution in [0.15, 0.2) is 0 Å².